The van der Waals surface area contributed by atoms with Gasteiger partial charge >= 0.3 is 0 Å². The molecule has 1 saturated heterocycles. The molecule has 1 fully saturated rings. The first kappa shape index (κ1) is 16.8. The number of pyridine rings is 1. The van der Waals surface area contributed by atoms with E-state index in [0.29, 0.717) is 6.04 Å². The molecular weight excluding hydrogens is 348 g/mol. The van der Waals surface area contributed by atoms with Crippen LogP contribution in [0.3, 0.4) is 0 Å². The van der Waals surface area contributed by atoms with E-state index in [-0.39, 0.29) is 0 Å². The van der Waals surface area contributed by atoms with Gasteiger partial charge in [-0.05, 0) is 36.1 Å². The van der Waals surface area contributed by atoms with Crippen LogP contribution in [0, 0.1) is 11.5 Å². The molecule has 0 radical (unpaired) electrons. The second-order valence-electron chi connectivity index (χ2n) is 7.54. The van der Waals surface area contributed by atoms with E-state index in [2.05, 4.69) is 62.2 Å². The number of likely N-dealkylation sites (tertiary alicyclic amines) is 1. The predicted octanol–water partition coefficient (Wildman–Crippen LogP) is 3.24. The maximum atomic E-state index is 9.07. The molecule has 28 heavy (non-hydrogen) atoms. The van der Waals surface area contributed by atoms with E-state index < -0.39 is 0 Å². The van der Waals surface area contributed by atoms with Gasteiger partial charge in [0.2, 0.25) is 0 Å². The molecule has 0 unspecified atom stereocenters. The Kier molecular flexibility index (Phi) is 4.21. The van der Waals surface area contributed by atoms with Crippen molar-refractivity contribution < 1.29 is 0 Å². The van der Waals surface area contributed by atoms with E-state index in [0.717, 1.165) is 56.1 Å². The molecule has 140 valence electrons. The highest BCUT2D eigenvalue weighted by Gasteiger charge is 2.23. The molecule has 4 heterocycles. The SMILES string of the molecule is N#CN1CC[C@@H](n2cnc(-c3ccnc(N4CCc5ccccc5C4)c3)c2)C1. The summed E-state index contributed by atoms with van der Waals surface area (Å²) in [4.78, 5) is 13.4. The van der Waals surface area contributed by atoms with Gasteiger partial charge in [0.1, 0.15) is 5.82 Å². The van der Waals surface area contributed by atoms with Crippen molar-refractivity contribution >= 4 is 5.82 Å². The highest BCUT2D eigenvalue weighted by Crippen LogP contribution is 2.28. The number of anilines is 1. The molecule has 0 amide bonds. The summed E-state index contributed by atoms with van der Waals surface area (Å²) in [6.45, 7) is 3.46. The van der Waals surface area contributed by atoms with Crippen molar-refractivity contribution in [3.05, 3.63) is 66.2 Å². The van der Waals surface area contributed by atoms with Gasteiger partial charge in [-0.2, -0.15) is 5.26 Å². The topological polar surface area (TPSA) is 61.0 Å². The molecule has 2 aliphatic heterocycles. The highest BCUT2D eigenvalue weighted by molar-refractivity contribution is 5.63. The summed E-state index contributed by atoms with van der Waals surface area (Å²) >= 11 is 0. The Labute approximate surface area is 164 Å². The molecule has 0 bridgehead atoms. The first-order valence-electron chi connectivity index (χ1n) is 9.76. The number of nitrogens with zero attached hydrogens (tertiary/aromatic N) is 6. The smallest absolute Gasteiger partial charge is 0.179 e. The highest BCUT2D eigenvalue weighted by atomic mass is 15.2. The molecule has 0 N–H and O–H groups in total. The molecule has 3 aromatic rings. The zero-order chi connectivity index (χ0) is 18.9. The summed E-state index contributed by atoms with van der Waals surface area (Å²) in [5.74, 6) is 0.998. The van der Waals surface area contributed by atoms with Crippen LogP contribution in [0.1, 0.15) is 23.6 Å². The second kappa shape index (κ2) is 7.01. The Morgan fingerprint density at radius 2 is 1.96 bits per heavy atom. The zero-order valence-corrected chi connectivity index (χ0v) is 15.7. The van der Waals surface area contributed by atoms with Crippen LogP contribution in [0.15, 0.2) is 55.1 Å². The number of hydrogen-bond acceptors (Lipinski definition) is 5. The van der Waals surface area contributed by atoms with Crippen LogP contribution >= 0.6 is 0 Å². The quantitative estimate of drug-likeness (QED) is 0.663. The van der Waals surface area contributed by atoms with E-state index in [1.807, 2.05) is 23.5 Å². The molecule has 6 nitrogen and oxygen atoms in total. The number of rotatable bonds is 3. The normalized spacial score (nSPS) is 18.8. The fourth-order valence-electron chi connectivity index (χ4n) is 4.20. The number of fused-ring (bicyclic) bond motifs is 1. The Morgan fingerprint density at radius 3 is 2.82 bits per heavy atom. The summed E-state index contributed by atoms with van der Waals surface area (Å²) in [5.41, 5.74) is 4.86. The Morgan fingerprint density at radius 1 is 1.07 bits per heavy atom. The van der Waals surface area contributed by atoms with Gasteiger partial charge in [-0.3, -0.25) is 0 Å². The molecule has 2 aromatic heterocycles. The van der Waals surface area contributed by atoms with Crippen LogP contribution in [-0.2, 0) is 13.0 Å². The van der Waals surface area contributed by atoms with Gasteiger partial charge in [-0.1, -0.05) is 24.3 Å². The molecule has 5 rings (SSSR count). The van der Waals surface area contributed by atoms with Crippen molar-refractivity contribution in [1.29, 1.82) is 5.26 Å². The third-order valence-electron chi connectivity index (χ3n) is 5.82. The largest absolute Gasteiger partial charge is 0.352 e. The lowest BCUT2D eigenvalue weighted by atomic mass is 10.00. The minimum atomic E-state index is 0.320. The predicted molar refractivity (Wildman–Crippen MR) is 107 cm³/mol. The van der Waals surface area contributed by atoms with E-state index >= 15 is 0 Å². The lowest BCUT2D eigenvalue weighted by Gasteiger charge is -2.29. The minimum absolute atomic E-state index is 0.320. The zero-order valence-electron chi connectivity index (χ0n) is 15.7. The van der Waals surface area contributed by atoms with E-state index in [4.69, 9.17) is 5.26 Å². The monoisotopic (exact) mass is 370 g/mol. The van der Waals surface area contributed by atoms with Crippen LogP contribution in [0.5, 0.6) is 0 Å². The Hall–Kier alpha value is -3.33. The van der Waals surface area contributed by atoms with E-state index in [1.54, 1.807) is 0 Å². The van der Waals surface area contributed by atoms with Crippen molar-refractivity contribution in [2.45, 2.75) is 25.4 Å². The van der Waals surface area contributed by atoms with Gasteiger partial charge in [-0.25, -0.2) is 9.97 Å². The number of nitriles is 1. The van der Waals surface area contributed by atoms with Crippen LogP contribution in [-0.4, -0.2) is 39.1 Å². The second-order valence-corrected chi connectivity index (χ2v) is 7.54. The molecular formula is C22H22N6. The van der Waals surface area contributed by atoms with Crippen molar-refractivity contribution in [2.24, 2.45) is 0 Å². The average molecular weight is 370 g/mol. The van der Waals surface area contributed by atoms with Crippen LogP contribution < -0.4 is 4.90 Å². The van der Waals surface area contributed by atoms with Gasteiger partial charge in [-0.15, -0.1) is 0 Å². The van der Waals surface area contributed by atoms with Crippen LogP contribution in [0.4, 0.5) is 5.82 Å². The number of benzene rings is 1. The third kappa shape index (κ3) is 3.09. The van der Waals surface area contributed by atoms with Gasteiger partial charge in [0.05, 0.1) is 18.1 Å². The fraction of sp³-hybridized carbons (Fsp3) is 0.318. The van der Waals surface area contributed by atoms with Crippen molar-refractivity contribution in [2.75, 3.05) is 24.5 Å². The maximum Gasteiger partial charge on any atom is 0.179 e. The van der Waals surface area contributed by atoms with Crippen LogP contribution in [0.25, 0.3) is 11.3 Å². The first-order chi connectivity index (χ1) is 13.8. The number of aromatic nitrogens is 3. The molecule has 0 aliphatic carbocycles. The van der Waals surface area contributed by atoms with E-state index in [1.165, 1.54) is 11.1 Å². The minimum Gasteiger partial charge on any atom is -0.352 e. The van der Waals surface area contributed by atoms with Gasteiger partial charge in [0.25, 0.3) is 0 Å². The standard InChI is InChI=1S/C22H22N6/c23-15-26-9-7-20(13-26)28-14-21(25-16-28)18-5-8-24-22(11-18)27-10-6-17-3-1-2-4-19(17)12-27/h1-5,8,11,14,16,20H,6-7,9-10,12-13H2/t20-/m1/s1. The summed E-state index contributed by atoms with van der Waals surface area (Å²) in [6, 6.07) is 13.1. The molecule has 1 aromatic carbocycles. The van der Waals surface area contributed by atoms with Gasteiger partial charge < -0.3 is 14.4 Å². The Bertz CT molecular complexity index is 1030. The van der Waals surface area contributed by atoms with Crippen molar-refractivity contribution in [1.82, 2.24) is 19.4 Å². The lowest BCUT2D eigenvalue weighted by Crippen LogP contribution is -2.30. The average Bonchev–Trinajstić information content (AvgIpc) is 3.43. The van der Waals surface area contributed by atoms with Gasteiger partial charge in [0.15, 0.2) is 6.19 Å². The van der Waals surface area contributed by atoms with Crippen LogP contribution in [0.2, 0.25) is 0 Å². The molecule has 6 heteroatoms. The molecule has 2 aliphatic rings. The van der Waals surface area contributed by atoms with Crippen molar-refractivity contribution in [3.63, 3.8) is 0 Å². The molecule has 0 saturated carbocycles. The fourth-order valence-corrected chi connectivity index (χ4v) is 4.20. The Balaban J connectivity index is 1.36. The first-order valence-corrected chi connectivity index (χ1v) is 9.76. The molecule has 1 atom stereocenters. The van der Waals surface area contributed by atoms with E-state index in [9.17, 15) is 0 Å². The maximum absolute atomic E-state index is 9.07. The summed E-state index contributed by atoms with van der Waals surface area (Å²) in [6.07, 6.45) is 10.1. The summed E-state index contributed by atoms with van der Waals surface area (Å²) < 4.78 is 2.14. The number of hydrogen-bond donors (Lipinski definition) is 0. The van der Waals surface area contributed by atoms with Crippen molar-refractivity contribution in [3.8, 4) is 17.5 Å². The number of imidazole rings is 1. The van der Waals surface area contributed by atoms with Gasteiger partial charge in [0, 0.05) is 44.1 Å². The summed E-state index contributed by atoms with van der Waals surface area (Å²) in [7, 11) is 0. The lowest BCUT2D eigenvalue weighted by molar-refractivity contribution is 0.447. The third-order valence-corrected chi connectivity index (χ3v) is 5.82. The molecule has 0 spiro atoms. The summed E-state index contributed by atoms with van der Waals surface area (Å²) in [5, 5.41) is 9.07.